The number of halogens is 3. The Hall–Kier alpha value is -2.71. The maximum Gasteiger partial charge on any atom is 0.387 e. The molecule has 0 unspecified atom stereocenters. The van der Waals surface area contributed by atoms with E-state index in [1.54, 1.807) is 35.1 Å². The molecule has 0 amide bonds. The van der Waals surface area contributed by atoms with Crippen molar-refractivity contribution >= 4 is 40.4 Å². The van der Waals surface area contributed by atoms with Gasteiger partial charge in [0.25, 0.3) is 0 Å². The second-order valence-electron chi connectivity index (χ2n) is 5.48. The monoisotopic (exact) mass is 408 g/mol. The van der Waals surface area contributed by atoms with E-state index in [-0.39, 0.29) is 10.9 Å². The summed E-state index contributed by atoms with van der Waals surface area (Å²) in [5, 5.41) is 11.0. The van der Waals surface area contributed by atoms with Crippen LogP contribution in [0.15, 0.2) is 60.8 Å². The Kier molecular flexibility index (Phi) is 6.20. The number of alkyl halides is 2. The van der Waals surface area contributed by atoms with E-state index in [2.05, 4.69) is 20.5 Å². The Balaban J connectivity index is 1.60. The molecule has 0 radical (unpaired) electrons. The van der Waals surface area contributed by atoms with Gasteiger partial charge in [-0.15, -0.1) is 0 Å². The number of hydrogen-bond acceptors (Lipinski definition) is 3. The van der Waals surface area contributed by atoms with Crippen molar-refractivity contribution in [2.75, 3.05) is 10.6 Å². The normalized spacial score (nSPS) is 10.7. The zero-order chi connectivity index (χ0) is 19.2. The summed E-state index contributed by atoms with van der Waals surface area (Å²) in [4.78, 5) is 0. The molecule has 27 heavy (non-hydrogen) atoms. The van der Waals surface area contributed by atoms with Crippen LogP contribution in [0.2, 0.25) is 5.02 Å². The lowest BCUT2D eigenvalue weighted by Gasteiger charge is -2.13. The van der Waals surface area contributed by atoms with Crippen LogP contribution in [-0.4, -0.2) is 21.5 Å². The fourth-order valence-corrected chi connectivity index (χ4v) is 2.67. The third-order valence-corrected chi connectivity index (χ3v) is 3.95. The van der Waals surface area contributed by atoms with E-state index in [4.69, 9.17) is 23.8 Å². The SMILES string of the molecule is FC(F)Oc1ccccc1NC(=S)Nc1ccn(Cc2ccc(Cl)cc2)n1. The van der Waals surface area contributed by atoms with Gasteiger partial charge in [-0.25, -0.2) is 0 Å². The summed E-state index contributed by atoms with van der Waals surface area (Å²) in [7, 11) is 0. The standard InChI is InChI=1S/C18H15ClF2N4OS/c19-13-7-5-12(6-8-13)11-25-10-9-16(24-25)23-18(27)22-14-3-1-2-4-15(14)26-17(20)21/h1-10,17H,11H2,(H2,22,23,24,27). The zero-order valence-electron chi connectivity index (χ0n) is 13.9. The number of anilines is 2. The van der Waals surface area contributed by atoms with E-state index in [1.165, 1.54) is 6.07 Å². The fraction of sp³-hybridized carbons (Fsp3) is 0.111. The molecule has 2 N–H and O–H groups in total. The van der Waals surface area contributed by atoms with Gasteiger partial charge in [0, 0.05) is 17.3 Å². The van der Waals surface area contributed by atoms with Crippen LogP contribution in [0.25, 0.3) is 0 Å². The predicted octanol–water partition coefficient (Wildman–Crippen LogP) is 5.00. The Bertz CT molecular complexity index is 918. The summed E-state index contributed by atoms with van der Waals surface area (Å²) in [5.74, 6) is 0.527. The van der Waals surface area contributed by atoms with Crippen LogP contribution in [0.4, 0.5) is 20.3 Å². The van der Waals surface area contributed by atoms with Crippen LogP contribution in [0, 0.1) is 0 Å². The first-order valence-electron chi connectivity index (χ1n) is 7.89. The number of thiocarbonyl (C=S) groups is 1. The Morgan fingerprint density at radius 3 is 2.59 bits per heavy atom. The Labute approximate surface area is 164 Å². The molecule has 2 aromatic carbocycles. The van der Waals surface area contributed by atoms with E-state index in [1.807, 2.05) is 24.3 Å². The molecule has 0 aliphatic carbocycles. The second-order valence-corrected chi connectivity index (χ2v) is 6.32. The smallest absolute Gasteiger partial charge is 0.387 e. The number of nitrogens with zero attached hydrogens (tertiary/aromatic N) is 2. The third kappa shape index (κ3) is 5.63. The predicted molar refractivity (Wildman–Crippen MR) is 106 cm³/mol. The maximum absolute atomic E-state index is 12.5. The first-order chi connectivity index (χ1) is 13.0. The summed E-state index contributed by atoms with van der Waals surface area (Å²) in [6.07, 6.45) is 1.80. The molecular formula is C18H15ClF2N4OS. The molecule has 9 heteroatoms. The van der Waals surface area contributed by atoms with Crippen molar-refractivity contribution in [1.29, 1.82) is 0 Å². The molecular weight excluding hydrogens is 394 g/mol. The number of aromatic nitrogens is 2. The van der Waals surface area contributed by atoms with E-state index in [0.29, 0.717) is 23.1 Å². The molecule has 3 rings (SSSR count). The van der Waals surface area contributed by atoms with Gasteiger partial charge in [-0.05, 0) is 42.0 Å². The highest BCUT2D eigenvalue weighted by Crippen LogP contribution is 2.25. The van der Waals surface area contributed by atoms with Gasteiger partial charge >= 0.3 is 6.61 Å². The summed E-state index contributed by atoms with van der Waals surface area (Å²) in [5.41, 5.74) is 1.38. The highest BCUT2D eigenvalue weighted by Gasteiger charge is 2.10. The number of hydrogen-bond donors (Lipinski definition) is 2. The minimum Gasteiger partial charge on any atom is -0.433 e. The van der Waals surface area contributed by atoms with Gasteiger partial charge in [0.15, 0.2) is 10.9 Å². The summed E-state index contributed by atoms with van der Waals surface area (Å²) in [6, 6.07) is 15.5. The van der Waals surface area contributed by atoms with Crippen LogP contribution in [-0.2, 0) is 6.54 Å². The molecule has 0 fully saturated rings. The van der Waals surface area contributed by atoms with Crippen molar-refractivity contribution in [2.45, 2.75) is 13.2 Å². The van der Waals surface area contributed by atoms with E-state index in [0.717, 1.165) is 5.56 Å². The maximum atomic E-state index is 12.5. The molecule has 0 aliphatic rings. The molecule has 0 saturated heterocycles. The summed E-state index contributed by atoms with van der Waals surface area (Å²) < 4.78 is 31.1. The van der Waals surface area contributed by atoms with E-state index in [9.17, 15) is 8.78 Å². The summed E-state index contributed by atoms with van der Waals surface area (Å²) in [6.45, 7) is -2.34. The molecule has 0 bridgehead atoms. The quantitative estimate of drug-likeness (QED) is 0.562. The average molecular weight is 409 g/mol. The molecule has 0 aliphatic heterocycles. The van der Waals surface area contributed by atoms with Crippen LogP contribution in [0.1, 0.15) is 5.56 Å². The van der Waals surface area contributed by atoms with Crippen molar-refractivity contribution in [3.8, 4) is 5.75 Å². The minimum atomic E-state index is -2.92. The van der Waals surface area contributed by atoms with Crippen LogP contribution in [0.3, 0.4) is 0 Å². The lowest BCUT2D eigenvalue weighted by atomic mass is 10.2. The molecule has 1 heterocycles. The Morgan fingerprint density at radius 1 is 1.11 bits per heavy atom. The third-order valence-electron chi connectivity index (χ3n) is 3.49. The highest BCUT2D eigenvalue weighted by molar-refractivity contribution is 7.80. The van der Waals surface area contributed by atoms with Gasteiger partial charge in [0.05, 0.1) is 12.2 Å². The summed E-state index contributed by atoms with van der Waals surface area (Å²) >= 11 is 11.1. The lowest BCUT2D eigenvalue weighted by Crippen LogP contribution is -2.20. The van der Waals surface area contributed by atoms with Crippen molar-refractivity contribution < 1.29 is 13.5 Å². The van der Waals surface area contributed by atoms with Gasteiger partial charge in [-0.2, -0.15) is 13.9 Å². The van der Waals surface area contributed by atoms with Crippen molar-refractivity contribution in [3.05, 3.63) is 71.4 Å². The molecule has 140 valence electrons. The number of nitrogens with one attached hydrogen (secondary N) is 2. The van der Waals surface area contributed by atoms with Gasteiger partial charge < -0.3 is 15.4 Å². The molecule has 3 aromatic rings. The first kappa shape index (κ1) is 19.1. The zero-order valence-corrected chi connectivity index (χ0v) is 15.5. The molecule has 0 saturated carbocycles. The first-order valence-corrected chi connectivity index (χ1v) is 8.68. The van der Waals surface area contributed by atoms with E-state index < -0.39 is 6.61 Å². The molecule has 5 nitrogen and oxygen atoms in total. The lowest BCUT2D eigenvalue weighted by molar-refractivity contribution is -0.0493. The number of para-hydroxylation sites is 2. The van der Waals surface area contributed by atoms with Crippen molar-refractivity contribution in [3.63, 3.8) is 0 Å². The number of ether oxygens (including phenoxy) is 1. The average Bonchev–Trinajstić information content (AvgIpc) is 3.05. The van der Waals surface area contributed by atoms with Crippen LogP contribution < -0.4 is 15.4 Å². The number of rotatable bonds is 6. The highest BCUT2D eigenvalue weighted by atomic mass is 35.5. The largest absolute Gasteiger partial charge is 0.433 e. The van der Waals surface area contributed by atoms with Gasteiger partial charge in [-0.1, -0.05) is 35.9 Å². The minimum absolute atomic E-state index is 0.00455. The van der Waals surface area contributed by atoms with Gasteiger partial charge in [-0.3, -0.25) is 4.68 Å². The molecule has 1 aromatic heterocycles. The van der Waals surface area contributed by atoms with Gasteiger partial charge in [0.1, 0.15) is 5.75 Å². The van der Waals surface area contributed by atoms with Gasteiger partial charge in [0.2, 0.25) is 0 Å². The second kappa shape index (κ2) is 8.79. The number of benzene rings is 2. The Morgan fingerprint density at radius 2 is 1.85 bits per heavy atom. The van der Waals surface area contributed by atoms with Crippen LogP contribution >= 0.6 is 23.8 Å². The van der Waals surface area contributed by atoms with Crippen molar-refractivity contribution in [1.82, 2.24) is 9.78 Å². The fourth-order valence-electron chi connectivity index (χ4n) is 2.33. The topological polar surface area (TPSA) is 51.1 Å². The van der Waals surface area contributed by atoms with E-state index >= 15 is 0 Å². The van der Waals surface area contributed by atoms with Crippen LogP contribution in [0.5, 0.6) is 5.75 Å². The molecule has 0 spiro atoms. The molecule has 0 atom stereocenters. The van der Waals surface area contributed by atoms with Crippen molar-refractivity contribution in [2.24, 2.45) is 0 Å².